The minimum absolute atomic E-state index is 0.0161. The number of halogens is 10. The predicted octanol–water partition coefficient (Wildman–Crippen LogP) is 11.4. The van der Waals surface area contributed by atoms with Gasteiger partial charge in [0.15, 0.2) is 11.6 Å². The number of hydrogen-bond donors (Lipinski definition) is 0. The minimum atomic E-state index is -5.46. The zero-order chi connectivity index (χ0) is 32.2. The van der Waals surface area contributed by atoms with Gasteiger partial charge in [-0.2, -0.15) is 8.78 Å². The Morgan fingerprint density at radius 1 is 0.636 bits per heavy atom. The molecule has 12 heteroatoms. The molecule has 0 amide bonds. The van der Waals surface area contributed by atoms with Crippen molar-refractivity contribution in [2.75, 3.05) is 0 Å². The third-order valence-corrected chi connectivity index (χ3v) is 6.95. The molecule has 4 aromatic rings. The van der Waals surface area contributed by atoms with E-state index in [4.69, 9.17) is 11.6 Å². The summed E-state index contributed by atoms with van der Waals surface area (Å²) in [6, 6.07) is 12.3. The van der Waals surface area contributed by atoms with Crippen LogP contribution in [0.2, 0.25) is 5.02 Å². The Balaban J connectivity index is 1.54. The zero-order valence-electron chi connectivity index (χ0n) is 23.0. The Hall–Kier alpha value is -3.86. The average Bonchev–Trinajstić information content (AvgIpc) is 2.92. The van der Waals surface area contributed by atoms with Crippen LogP contribution < -0.4 is 9.47 Å². The van der Waals surface area contributed by atoms with Gasteiger partial charge < -0.3 is 9.47 Å². The van der Waals surface area contributed by atoms with E-state index in [1.807, 2.05) is 24.3 Å². The Labute approximate surface area is 252 Å². The highest BCUT2D eigenvalue weighted by Gasteiger charge is 2.39. The van der Waals surface area contributed by atoms with Crippen molar-refractivity contribution in [3.63, 3.8) is 0 Å². The van der Waals surface area contributed by atoms with Gasteiger partial charge in [-0.1, -0.05) is 68.1 Å². The summed E-state index contributed by atoms with van der Waals surface area (Å²) >= 11 is 6.33. The number of rotatable bonds is 11. The fraction of sp³-hybridized carbons (Fsp3) is 0.250. The maximum Gasteiger partial charge on any atom is 0.573 e. The van der Waals surface area contributed by atoms with Crippen LogP contribution in [0.4, 0.5) is 39.5 Å². The largest absolute Gasteiger partial charge is 0.573 e. The van der Waals surface area contributed by atoms with E-state index in [1.165, 1.54) is 12.1 Å². The molecule has 0 N–H and O–H groups in total. The summed E-state index contributed by atoms with van der Waals surface area (Å²) in [5, 5.41) is -0.120. The van der Waals surface area contributed by atoms with Gasteiger partial charge in [0.25, 0.3) is 0 Å². The van der Waals surface area contributed by atoms with Gasteiger partial charge >= 0.3 is 12.5 Å². The monoisotopic (exact) mass is 646 g/mol. The molecule has 0 radical (unpaired) electrons. The van der Waals surface area contributed by atoms with Crippen LogP contribution in [0.25, 0.3) is 22.3 Å². The first kappa shape index (κ1) is 33.0. The molecule has 0 aliphatic carbocycles. The third-order valence-electron chi connectivity index (χ3n) is 6.66. The van der Waals surface area contributed by atoms with E-state index in [2.05, 4.69) is 16.4 Å². The molecule has 0 unspecified atom stereocenters. The smallest absolute Gasteiger partial charge is 0.429 e. The predicted molar refractivity (Wildman–Crippen MR) is 148 cm³/mol. The highest BCUT2D eigenvalue weighted by atomic mass is 35.5. The van der Waals surface area contributed by atoms with Crippen LogP contribution in [-0.2, 0) is 12.5 Å². The molecule has 44 heavy (non-hydrogen) atoms. The van der Waals surface area contributed by atoms with Crippen LogP contribution in [0.5, 0.6) is 11.5 Å². The zero-order valence-corrected chi connectivity index (χ0v) is 23.7. The Morgan fingerprint density at radius 3 is 1.82 bits per heavy atom. The highest BCUT2D eigenvalue weighted by Crippen LogP contribution is 2.40. The quantitative estimate of drug-likeness (QED) is 0.119. The van der Waals surface area contributed by atoms with Crippen LogP contribution in [0.15, 0.2) is 66.7 Å². The molecule has 2 nitrogen and oxygen atoms in total. The molecule has 234 valence electrons. The number of aryl methyl sites for hydroxylation is 1. The molecule has 0 fully saturated rings. The second kappa shape index (κ2) is 13.4. The lowest BCUT2D eigenvalue weighted by Crippen LogP contribution is -2.24. The molecule has 4 aromatic carbocycles. The van der Waals surface area contributed by atoms with Crippen molar-refractivity contribution < 1.29 is 49.0 Å². The molecule has 0 aliphatic rings. The maximum atomic E-state index is 15.2. The van der Waals surface area contributed by atoms with E-state index < -0.39 is 52.8 Å². The SMILES string of the molecule is CCCCCCc1ccc(-c2cc(F)c(-c3ccc(C(F)(F)Oc4cc(F)c(OC(F)(F)F)c(F)c4)c(F)c3)c(Cl)c2)cc1. The lowest BCUT2D eigenvalue weighted by molar-refractivity contribution is -0.276. The van der Waals surface area contributed by atoms with Gasteiger partial charge in [0.05, 0.1) is 10.6 Å². The van der Waals surface area contributed by atoms with Crippen LogP contribution in [0.1, 0.15) is 43.7 Å². The highest BCUT2D eigenvalue weighted by molar-refractivity contribution is 6.33. The molecule has 0 spiro atoms. The van der Waals surface area contributed by atoms with E-state index in [-0.39, 0.29) is 28.3 Å². The topological polar surface area (TPSA) is 18.5 Å². The number of ether oxygens (including phenoxy) is 2. The fourth-order valence-corrected chi connectivity index (χ4v) is 4.87. The molecular formula is C32H24ClF9O2. The first-order valence-corrected chi connectivity index (χ1v) is 13.8. The first-order chi connectivity index (χ1) is 20.7. The molecular weight excluding hydrogens is 623 g/mol. The third kappa shape index (κ3) is 7.99. The van der Waals surface area contributed by atoms with Crippen LogP contribution in [0.3, 0.4) is 0 Å². The Bertz CT molecular complexity index is 1570. The average molecular weight is 647 g/mol. The summed E-state index contributed by atoms with van der Waals surface area (Å²) in [7, 11) is 0. The molecule has 0 aliphatic heterocycles. The van der Waals surface area contributed by atoms with Crippen molar-refractivity contribution in [1.29, 1.82) is 0 Å². The van der Waals surface area contributed by atoms with Crippen molar-refractivity contribution in [3.05, 3.63) is 106 Å². The van der Waals surface area contributed by atoms with Gasteiger partial charge in [0.2, 0.25) is 5.75 Å². The summed E-state index contributed by atoms with van der Waals surface area (Å²) in [4.78, 5) is 0. The van der Waals surface area contributed by atoms with Crippen molar-refractivity contribution in [3.8, 4) is 33.8 Å². The molecule has 0 saturated heterocycles. The molecule has 0 aromatic heterocycles. The Morgan fingerprint density at radius 2 is 1.25 bits per heavy atom. The second-order valence-corrected chi connectivity index (χ2v) is 10.3. The van der Waals surface area contributed by atoms with E-state index in [0.29, 0.717) is 23.3 Å². The van der Waals surface area contributed by atoms with Crippen LogP contribution >= 0.6 is 11.6 Å². The maximum absolute atomic E-state index is 15.2. The molecule has 0 bridgehead atoms. The summed E-state index contributed by atoms with van der Waals surface area (Å²) in [6.07, 6.45) is -4.62. The minimum Gasteiger partial charge on any atom is -0.429 e. The van der Waals surface area contributed by atoms with E-state index in [9.17, 15) is 35.1 Å². The number of benzene rings is 4. The Kier molecular flexibility index (Phi) is 10.1. The van der Waals surface area contributed by atoms with E-state index in [0.717, 1.165) is 43.7 Å². The molecule has 4 rings (SSSR count). The summed E-state index contributed by atoms with van der Waals surface area (Å²) in [5.41, 5.74) is 0.398. The number of hydrogen-bond acceptors (Lipinski definition) is 2. The van der Waals surface area contributed by atoms with Gasteiger partial charge in [-0.05, 0) is 59.4 Å². The van der Waals surface area contributed by atoms with E-state index in [1.54, 1.807) is 0 Å². The van der Waals surface area contributed by atoms with Crippen molar-refractivity contribution >= 4 is 11.6 Å². The summed E-state index contributed by atoms with van der Waals surface area (Å²) < 4.78 is 132. The van der Waals surface area contributed by atoms with Gasteiger partial charge in [0.1, 0.15) is 17.4 Å². The van der Waals surface area contributed by atoms with E-state index >= 15 is 4.39 Å². The number of unbranched alkanes of at least 4 members (excludes halogenated alkanes) is 3. The van der Waals surface area contributed by atoms with Gasteiger partial charge in [0, 0.05) is 17.7 Å². The first-order valence-electron chi connectivity index (χ1n) is 13.4. The molecule has 0 atom stereocenters. The van der Waals surface area contributed by atoms with Crippen LogP contribution in [-0.4, -0.2) is 6.36 Å². The molecule has 0 saturated carbocycles. The van der Waals surface area contributed by atoms with Gasteiger partial charge in [-0.25, -0.2) is 17.6 Å². The van der Waals surface area contributed by atoms with Crippen molar-refractivity contribution in [2.24, 2.45) is 0 Å². The summed E-state index contributed by atoms with van der Waals surface area (Å²) in [5.74, 6) is -9.55. The van der Waals surface area contributed by atoms with Crippen molar-refractivity contribution in [2.45, 2.75) is 51.5 Å². The van der Waals surface area contributed by atoms with Gasteiger partial charge in [-0.3, -0.25) is 0 Å². The number of alkyl halides is 5. The summed E-state index contributed by atoms with van der Waals surface area (Å²) in [6.45, 7) is 2.13. The second-order valence-electron chi connectivity index (χ2n) is 9.90. The normalized spacial score (nSPS) is 12.0. The van der Waals surface area contributed by atoms with Crippen molar-refractivity contribution in [1.82, 2.24) is 0 Å². The van der Waals surface area contributed by atoms with Gasteiger partial charge in [-0.15, -0.1) is 13.2 Å². The molecule has 0 heterocycles. The van der Waals surface area contributed by atoms with Crippen LogP contribution in [0, 0.1) is 23.3 Å². The fourth-order valence-electron chi connectivity index (χ4n) is 4.55. The lowest BCUT2D eigenvalue weighted by atomic mass is 9.97. The standard InChI is InChI=1S/C32H24ClF9O2/c1-2-3-4-5-6-18-7-9-19(10-8-18)21-13-24(33)29(26(35)15-21)20-11-12-23(25(34)14-20)31(38,39)43-22-16-27(36)30(28(37)17-22)44-32(40,41)42/h7-17H,2-6H2,1H3. The lowest BCUT2D eigenvalue weighted by Gasteiger charge is -2.20.